The molecule has 21 heavy (non-hydrogen) atoms. The number of ether oxygens (including phenoxy) is 2. The van der Waals surface area contributed by atoms with Crippen molar-refractivity contribution in [2.45, 2.75) is 25.5 Å². The standard InChI is InChI=1S/C15H18BrN3O2/c1-8-14(15(20-3)19(2)18-8)13-7-11(17)10-5-4-9(16)6-12(10)21-13/h4-6,11,13H,7,17H2,1-3H3/t11-,13?/m0/s1. The number of aryl methyl sites for hydroxylation is 2. The maximum absolute atomic E-state index is 6.31. The SMILES string of the molecule is COc1c(C2C[C@H](N)c3ccc(Br)cc3O2)c(C)nn1C. The highest BCUT2D eigenvalue weighted by Crippen LogP contribution is 2.43. The summed E-state index contributed by atoms with van der Waals surface area (Å²) in [5.74, 6) is 1.54. The first-order chi connectivity index (χ1) is 10.0. The van der Waals surface area contributed by atoms with E-state index in [9.17, 15) is 0 Å². The van der Waals surface area contributed by atoms with Crippen molar-refractivity contribution in [3.8, 4) is 11.6 Å². The third kappa shape index (κ3) is 2.42. The first kappa shape index (κ1) is 14.4. The Hall–Kier alpha value is -1.53. The Morgan fingerprint density at radius 3 is 2.95 bits per heavy atom. The van der Waals surface area contributed by atoms with Gasteiger partial charge in [0.05, 0.1) is 18.4 Å². The highest BCUT2D eigenvalue weighted by molar-refractivity contribution is 9.10. The molecule has 1 aromatic carbocycles. The Bertz CT molecular complexity index is 684. The van der Waals surface area contributed by atoms with Crippen LogP contribution in [0.2, 0.25) is 0 Å². The molecule has 0 fully saturated rings. The number of rotatable bonds is 2. The predicted molar refractivity (Wildman–Crippen MR) is 83.6 cm³/mol. The number of nitrogens with two attached hydrogens (primary N) is 1. The number of aromatic nitrogens is 2. The Kier molecular flexibility index (Phi) is 3.67. The lowest BCUT2D eigenvalue weighted by molar-refractivity contribution is 0.156. The zero-order valence-corrected chi connectivity index (χ0v) is 13.8. The van der Waals surface area contributed by atoms with Crippen molar-refractivity contribution >= 4 is 15.9 Å². The monoisotopic (exact) mass is 351 g/mol. The van der Waals surface area contributed by atoms with E-state index < -0.39 is 0 Å². The summed E-state index contributed by atoms with van der Waals surface area (Å²) in [6.45, 7) is 1.96. The molecule has 1 aliphatic heterocycles. The van der Waals surface area contributed by atoms with Gasteiger partial charge < -0.3 is 15.2 Å². The second kappa shape index (κ2) is 5.35. The first-order valence-electron chi connectivity index (χ1n) is 6.80. The molecule has 0 amide bonds. The van der Waals surface area contributed by atoms with E-state index in [0.29, 0.717) is 6.42 Å². The van der Waals surface area contributed by atoms with E-state index in [1.54, 1.807) is 11.8 Å². The Morgan fingerprint density at radius 1 is 1.48 bits per heavy atom. The van der Waals surface area contributed by atoms with Crippen LogP contribution in [0.4, 0.5) is 0 Å². The van der Waals surface area contributed by atoms with Crippen LogP contribution in [0.15, 0.2) is 22.7 Å². The molecule has 112 valence electrons. The fourth-order valence-corrected chi connectivity index (χ4v) is 3.26. The number of nitrogens with zero attached hydrogens (tertiary/aromatic N) is 2. The van der Waals surface area contributed by atoms with E-state index >= 15 is 0 Å². The van der Waals surface area contributed by atoms with Gasteiger partial charge in [0.2, 0.25) is 5.88 Å². The molecular weight excluding hydrogens is 334 g/mol. The third-order valence-electron chi connectivity index (χ3n) is 3.84. The number of fused-ring (bicyclic) bond motifs is 1. The Balaban J connectivity index is 2.03. The van der Waals surface area contributed by atoms with Crippen molar-refractivity contribution in [2.75, 3.05) is 7.11 Å². The molecule has 0 radical (unpaired) electrons. The van der Waals surface area contributed by atoms with Crippen LogP contribution in [-0.4, -0.2) is 16.9 Å². The van der Waals surface area contributed by atoms with Gasteiger partial charge in [-0.05, 0) is 19.1 Å². The van der Waals surface area contributed by atoms with Gasteiger partial charge in [-0.15, -0.1) is 0 Å². The van der Waals surface area contributed by atoms with Gasteiger partial charge in [0.25, 0.3) is 0 Å². The van der Waals surface area contributed by atoms with Gasteiger partial charge in [0.1, 0.15) is 11.9 Å². The van der Waals surface area contributed by atoms with Crippen molar-refractivity contribution in [2.24, 2.45) is 12.8 Å². The average Bonchev–Trinajstić information content (AvgIpc) is 2.71. The molecule has 1 aromatic heterocycles. The molecule has 0 saturated carbocycles. The smallest absolute Gasteiger partial charge is 0.218 e. The van der Waals surface area contributed by atoms with Crippen LogP contribution >= 0.6 is 15.9 Å². The maximum atomic E-state index is 6.31. The van der Waals surface area contributed by atoms with E-state index in [2.05, 4.69) is 21.0 Å². The zero-order valence-electron chi connectivity index (χ0n) is 12.3. The molecule has 0 bridgehead atoms. The van der Waals surface area contributed by atoms with Crippen molar-refractivity contribution < 1.29 is 9.47 Å². The van der Waals surface area contributed by atoms with Gasteiger partial charge in [0, 0.05) is 29.5 Å². The number of hydrogen-bond acceptors (Lipinski definition) is 4. The van der Waals surface area contributed by atoms with Crippen LogP contribution in [-0.2, 0) is 7.05 Å². The maximum Gasteiger partial charge on any atom is 0.218 e. The molecule has 5 nitrogen and oxygen atoms in total. The summed E-state index contributed by atoms with van der Waals surface area (Å²) >= 11 is 3.47. The van der Waals surface area contributed by atoms with Crippen molar-refractivity contribution in [3.63, 3.8) is 0 Å². The summed E-state index contributed by atoms with van der Waals surface area (Å²) in [5.41, 5.74) is 9.23. The quantitative estimate of drug-likeness (QED) is 0.903. The molecule has 6 heteroatoms. The fourth-order valence-electron chi connectivity index (χ4n) is 2.92. The van der Waals surface area contributed by atoms with Crippen LogP contribution in [0, 0.1) is 6.92 Å². The average molecular weight is 352 g/mol. The van der Waals surface area contributed by atoms with E-state index in [-0.39, 0.29) is 12.1 Å². The van der Waals surface area contributed by atoms with Crippen LogP contribution < -0.4 is 15.2 Å². The largest absolute Gasteiger partial charge is 0.485 e. The number of hydrogen-bond donors (Lipinski definition) is 1. The molecular formula is C15H18BrN3O2. The molecule has 0 saturated heterocycles. The van der Waals surface area contributed by atoms with Crippen molar-refractivity contribution in [1.82, 2.24) is 9.78 Å². The summed E-state index contributed by atoms with van der Waals surface area (Å²) in [7, 11) is 3.51. The summed E-state index contributed by atoms with van der Waals surface area (Å²) in [4.78, 5) is 0. The molecule has 0 spiro atoms. The van der Waals surface area contributed by atoms with Gasteiger partial charge in [0.15, 0.2) is 0 Å². The van der Waals surface area contributed by atoms with Crippen LogP contribution in [0.3, 0.4) is 0 Å². The van der Waals surface area contributed by atoms with Gasteiger partial charge in [-0.25, -0.2) is 4.68 Å². The van der Waals surface area contributed by atoms with E-state index in [4.69, 9.17) is 15.2 Å². The van der Waals surface area contributed by atoms with Crippen molar-refractivity contribution in [3.05, 3.63) is 39.5 Å². The lowest BCUT2D eigenvalue weighted by Gasteiger charge is -2.30. The highest BCUT2D eigenvalue weighted by atomic mass is 79.9. The highest BCUT2D eigenvalue weighted by Gasteiger charge is 2.32. The normalized spacial score (nSPS) is 20.8. The number of benzene rings is 1. The molecule has 2 aromatic rings. The Morgan fingerprint density at radius 2 is 2.24 bits per heavy atom. The molecule has 2 heterocycles. The second-order valence-corrected chi connectivity index (χ2v) is 6.18. The van der Waals surface area contributed by atoms with E-state index in [1.165, 1.54) is 0 Å². The second-order valence-electron chi connectivity index (χ2n) is 5.26. The first-order valence-corrected chi connectivity index (χ1v) is 7.59. The topological polar surface area (TPSA) is 62.3 Å². The number of halogens is 1. The fraction of sp³-hybridized carbons (Fsp3) is 0.400. The minimum absolute atomic E-state index is 0.0591. The summed E-state index contributed by atoms with van der Waals surface area (Å²) in [6.07, 6.45) is 0.558. The summed E-state index contributed by atoms with van der Waals surface area (Å²) < 4.78 is 14.3. The summed E-state index contributed by atoms with van der Waals surface area (Å²) in [6, 6.07) is 5.89. The van der Waals surface area contributed by atoms with Crippen LogP contribution in [0.25, 0.3) is 0 Å². The van der Waals surface area contributed by atoms with E-state index in [1.807, 2.05) is 32.2 Å². The van der Waals surface area contributed by atoms with Gasteiger partial charge >= 0.3 is 0 Å². The molecule has 1 aliphatic rings. The Labute approximate surface area is 132 Å². The molecule has 0 aliphatic carbocycles. The molecule has 3 rings (SSSR count). The zero-order chi connectivity index (χ0) is 15.1. The molecule has 1 unspecified atom stereocenters. The molecule has 2 N–H and O–H groups in total. The van der Waals surface area contributed by atoms with Gasteiger partial charge in [-0.1, -0.05) is 22.0 Å². The van der Waals surface area contributed by atoms with Crippen LogP contribution in [0.1, 0.15) is 35.4 Å². The lowest BCUT2D eigenvalue weighted by atomic mass is 9.93. The van der Waals surface area contributed by atoms with Crippen molar-refractivity contribution in [1.29, 1.82) is 0 Å². The minimum atomic E-state index is -0.148. The van der Waals surface area contributed by atoms with Gasteiger partial charge in [-0.2, -0.15) is 5.10 Å². The minimum Gasteiger partial charge on any atom is -0.485 e. The third-order valence-corrected chi connectivity index (χ3v) is 4.34. The van der Waals surface area contributed by atoms with Crippen LogP contribution in [0.5, 0.6) is 11.6 Å². The van der Waals surface area contributed by atoms with Gasteiger partial charge in [-0.3, -0.25) is 0 Å². The lowest BCUT2D eigenvalue weighted by Crippen LogP contribution is -2.24. The summed E-state index contributed by atoms with van der Waals surface area (Å²) in [5, 5.41) is 4.42. The van der Waals surface area contributed by atoms with E-state index in [0.717, 1.165) is 32.9 Å². The molecule has 2 atom stereocenters. The predicted octanol–water partition coefficient (Wildman–Crippen LogP) is 3.02. The number of methoxy groups -OCH3 is 1.